The molecule has 10 heteroatoms. The Labute approximate surface area is 219 Å². The van der Waals surface area contributed by atoms with E-state index in [0.29, 0.717) is 42.7 Å². The Balaban J connectivity index is 0.00000204. The van der Waals surface area contributed by atoms with Crippen LogP contribution in [0.5, 0.6) is 0 Å². The number of carbonyl (C=O) groups excluding carboxylic acids is 1. The Morgan fingerprint density at radius 3 is 2.44 bits per heavy atom. The van der Waals surface area contributed by atoms with Gasteiger partial charge in [-0.2, -0.15) is 0 Å². The Morgan fingerprint density at radius 2 is 1.82 bits per heavy atom. The Bertz CT molecular complexity index is 968. The maximum absolute atomic E-state index is 13.6. The highest BCUT2D eigenvalue weighted by Gasteiger charge is 2.42. The summed E-state index contributed by atoms with van der Waals surface area (Å²) in [7, 11) is 0. The molecule has 1 saturated heterocycles. The van der Waals surface area contributed by atoms with Crippen molar-refractivity contribution >= 4 is 48.1 Å². The van der Waals surface area contributed by atoms with E-state index < -0.39 is 5.60 Å². The number of aryl methyl sites for hydroxylation is 1. The van der Waals surface area contributed by atoms with Gasteiger partial charge in [0.2, 0.25) is 0 Å². The van der Waals surface area contributed by atoms with Gasteiger partial charge in [-0.05, 0) is 36.5 Å². The molecule has 1 amide bonds. The van der Waals surface area contributed by atoms with Gasteiger partial charge in [0, 0.05) is 55.0 Å². The second-order valence-corrected chi connectivity index (χ2v) is 9.62. The van der Waals surface area contributed by atoms with Crippen molar-refractivity contribution in [3.8, 4) is 0 Å². The predicted octanol–water partition coefficient (Wildman–Crippen LogP) is 3.56. The number of hydrogen-bond acceptors (Lipinski definition) is 6. The third kappa shape index (κ3) is 5.77. The SMILES string of the molecule is CC(C)NCC(O)(C(=O)N1CCN(c2ncnc3c2[C@H](C)CC3)CC1)c1ccc(Cl)cc1.Cl.Cl. The largest absolute Gasteiger partial charge is 0.374 e. The van der Waals surface area contributed by atoms with Gasteiger partial charge < -0.3 is 20.2 Å². The molecule has 188 valence electrons. The number of halogens is 3. The molecule has 1 unspecified atom stereocenters. The van der Waals surface area contributed by atoms with Crippen LogP contribution in [0.1, 0.15) is 49.9 Å². The van der Waals surface area contributed by atoms with Crippen molar-refractivity contribution in [3.05, 3.63) is 52.4 Å². The summed E-state index contributed by atoms with van der Waals surface area (Å²) in [5.41, 5.74) is 1.30. The highest BCUT2D eigenvalue weighted by Crippen LogP contribution is 2.37. The maximum atomic E-state index is 13.6. The third-order valence-corrected chi connectivity index (χ3v) is 6.81. The van der Waals surface area contributed by atoms with E-state index in [9.17, 15) is 9.90 Å². The number of aliphatic hydroxyl groups is 1. The van der Waals surface area contributed by atoms with E-state index in [1.165, 1.54) is 5.56 Å². The van der Waals surface area contributed by atoms with Crippen LogP contribution in [-0.2, 0) is 16.8 Å². The van der Waals surface area contributed by atoms with E-state index in [1.54, 1.807) is 35.5 Å². The summed E-state index contributed by atoms with van der Waals surface area (Å²) in [4.78, 5) is 26.6. The van der Waals surface area contributed by atoms with Gasteiger partial charge in [0.15, 0.2) is 5.60 Å². The second kappa shape index (κ2) is 11.9. The van der Waals surface area contributed by atoms with Gasteiger partial charge in [-0.15, -0.1) is 24.8 Å². The van der Waals surface area contributed by atoms with Crippen molar-refractivity contribution in [3.63, 3.8) is 0 Å². The van der Waals surface area contributed by atoms with Gasteiger partial charge in [0.05, 0.1) is 0 Å². The standard InChI is InChI=1S/C24H32ClN5O2.2ClH/c1-16(2)26-14-24(32,18-5-7-19(25)8-6-18)23(31)30-12-10-29(11-13-30)22-21-17(3)4-9-20(21)27-15-28-22;;/h5-8,15-17,26,32H,4,9-14H2,1-3H3;2*1H/t17-,24?;;/m1../s1. The molecule has 0 spiro atoms. The lowest BCUT2D eigenvalue weighted by molar-refractivity contribution is -0.152. The van der Waals surface area contributed by atoms with Crippen molar-refractivity contribution in [2.45, 2.75) is 51.2 Å². The van der Waals surface area contributed by atoms with Gasteiger partial charge in [0.25, 0.3) is 5.91 Å². The first-order chi connectivity index (χ1) is 15.3. The van der Waals surface area contributed by atoms with E-state index in [4.69, 9.17) is 11.6 Å². The molecule has 1 aliphatic carbocycles. The van der Waals surface area contributed by atoms with Crippen LogP contribution in [-0.4, -0.2) is 64.6 Å². The zero-order valence-corrected chi connectivity index (χ0v) is 22.2. The first-order valence-electron chi connectivity index (χ1n) is 11.4. The predicted molar refractivity (Wildman–Crippen MR) is 141 cm³/mol. The van der Waals surface area contributed by atoms with E-state index in [2.05, 4.69) is 27.1 Å². The van der Waals surface area contributed by atoms with Crippen LogP contribution in [0, 0.1) is 0 Å². The summed E-state index contributed by atoms with van der Waals surface area (Å²) in [5, 5.41) is 15.4. The first-order valence-corrected chi connectivity index (χ1v) is 11.8. The van der Waals surface area contributed by atoms with Gasteiger partial charge in [-0.25, -0.2) is 9.97 Å². The average Bonchev–Trinajstić information content (AvgIpc) is 3.18. The zero-order valence-electron chi connectivity index (χ0n) is 19.8. The minimum absolute atomic E-state index is 0. The number of aromatic nitrogens is 2. The number of hydrogen-bond donors (Lipinski definition) is 2. The molecule has 2 aliphatic rings. The summed E-state index contributed by atoms with van der Waals surface area (Å²) in [6.07, 6.45) is 3.76. The van der Waals surface area contributed by atoms with E-state index in [0.717, 1.165) is 24.4 Å². The lowest BCUT2D eigenvalue weighted by Gasteiger charge is -2.40. The molecule has 2 atom stereocenters. The number of nitrogens with one attached hydrogen (secondary N) is 1. The quantitative estimate of drug-likeness (QED) is 0.594. The van der Waals surface area contributed by atoms with Crippen molar-refractivity contribution in [1.29, 1.82) is 0 Å². The van der Waals surface area contributed by atoms with Crippen LogP contribution >= 0.6 is 36.4 Å². The topological polar surface area (TPSA) is 81.6 Å². The molecule has 7 nitrogen and oxygen atoms in total. The second-order valence-electron chi connectivity index (χ2n) is 9.18. The lowest BCUT2D eigenvalue weighted by Crippen LogP contribution is -2.58. The molecule has 4 rings (SSSR count). The minimum Gasteiger partial charge on any atom is -0.374 e. The van der Waals surface area contributed by atoms with Crippen molar-refractivity contribution in [2.75, 3.05) is 37.6 Å². The fourth-order valence-electron chi connectivity index (χ4n) is 4.64. The third-order valence-electron chi connectivity index (χ3n) is 6.56. The number of amides is 1. The number of rotatable bonds is 6. The van der Waals surface area contributed by atoms with Crippen LogP contribution in [0.4, 0.5) is 5.82 Å². The zero-order chi connectivity index (χ0) is 22.9. The molecule has 2 heterocycles. The summed E-state index contributed by atoms with van der Waals surface area (Å²) >= 11 is 6.03. The van der Waals surface area contributed by atoms with E-state index >= 15 is 0 Å². The van der Waals surface area contributed by atoms with Gasteiger partial charge in [0.1, 0.15) is 12.1 Å². The van der Waals surface area contributed by atoms with Gasteiger partial charge >= 0.3 is 0 Å². The molecule has 1 fully saturated rings. The van der Waals surface area contributed by atoms with Gasteiger partial charge in [-0.1, -0.05) is 44.5 Å². The fraction of sp³-hybridized carbons (Fsp3) is 0.542. The van der Waals surface area contributed by atoms with Crippen LogP contribution in [0.15, 0.2) is 30.6 Å². The molecule has 0 radical (unpaired) electrons. The first kappa shape index (κ1) is 28.6. The van der Waals surface area contributed by atoms with Crippen molar-refractivity contribution in [2.24, 2.45) is 0 Å². The molecule has 2 N–H and O–H groups in total. The summed E-state index contributed by atoms with van der Waals surface area (Å²) in [6, 6.07) is 7.01. The average molecular weight is 531 g/mol. The maximum Gasteiger partial charge on any atom is 0.260 e. The van der Waals surface area contributed by atoms with Gasteiger partial charge in [-0.3, -0.25) is 4.79 Å². The number of fused-ring (bicyclic) bond motifs is 1. The number of carbonyl (C=O) groups is 1. The van der Waals surface area contributed by atoms with Crippen molar-refractivity contribution < 1.29 is 9.90 Å². The number of nitrogens with zero attached hydrogens (tertiary/aromatic N) is 4. The fourth-order valence-corrected chi connectivity index (χ4v) is 4.76. The Hall–Kier alpha value is -1.64. The monoisotopic (exact) mass is 529 g/mol. The Morgan fingerprint density at radius 1 is 1.18 bits per heavy atom. The molecule has 1 aromatic carbocycles. The number of anilines is 1. The Kier molecular flexibility index (Phi) is 9.98. The van der Waals surface area contributed by atoms with Crippen LogP contribution in [0.3, 0.4) is 0 Å². The molecule has 1 aliphatic heterocycles. The highest BCUT2D eigenvalue weighted by atomic mass is 35.5. The van der Waals surface area contributed by atoms with E-state index in [1.807, 2.05) is 13.8 Å². The molecule has 2 aromatic rings. The molecule has 1 aromatic heterocycles. The summed E-state index contributed by atoms with van der Waals surface area (Å²) < 4.78 is 0. The molecule has 0 saturated carbocycles. The molecular formula is C24H34Cl3N5O2. The number of piperazine rings is 1. The minimum atomic E-state index is -1.65. The molecule has 34 heavy (non-hydrogen) atoms. The summed E-state index contributed by atoms with van der Waals surface area (Å²) in [5.74, 6) is 1.17. The van der Waals surface area contributed by atoms with Crippen molar-refractivity contribution in [1.82, 2.24) is 20.2 Å². The molecule has 0 bridgehead atoms. The summed E-state index contributed by atoms with van der Waals surface area (Å²) in [6.45, 7) is 8.77. The normalized spacial score (nSPS) is 19.2. The lowest BCUT2D eigenvalue weighted by atomic mass is 9.91. The molecular weight excluding hydrogens is 497 g/mol. The van der Waals surface area contributed by atoms with Crippen LogP contribution in [0.25, 0.3) is 0 Å². The van der Waals surface area contributed by atoms with E-state index in [-0.39, 0.29) is 43.3 Å². The smallest absolute Gasteiger partial charge is 0.260 e. The van der Waals surface area contributed by atoms with Crippen LogP contribution < -0.4 is 10.2 Å². The van der Waals surface area contributed by atoms with Crippen LogP contribution in [0.2, 0.25) is 5.02 Å². The number of benzene rings is 1. The highest BCUT2D eigenvalue weighted by molar-refractivity contribution is 6.30.